The highest BCUT2D eigenvalue weighted by Crippen LogP contribution is 2.21. The molecular weight excluding hydrogens is 700 g/mol. The standard InChI is InChI=1S/2C20H16BrNO/c2*21-19-5-1-3-16(11-19)13-20(23)12-15-6-8-17(9-7-15)18-4-2-10-22-14-18/h2*1-11,14H,12-13H2. The van der Waals surface area contributed by atoms with Crippen LogP contribution in [0.5, 0.6) is 0 Å². The second-order valence-electron chi connectivity index (χ2n) is 10.9. The van der Waals surface area contributed by atoms with E-state index in [1.807, 2.05) is 134 Å². The minimum Gasteiger partial charge on any atom is -0.299 e. The van der Waals surface area contributed by atoms with Crippen LogP contribution >= 0.6 is 31.9 Å². The van der Waals surface area contributed by atoms with Gasteiger partial charge in [0.1, 0.15) is 11.6 Å². The van der Waals surface area contributed by atoms with Crippen molar-refractivity contribution in [1.29, 1.82) is 0 Å². The van der Waals surface area contributed by atoms with E-state index in [-0.39, 0.29) is 11.6 Å². The lowest BCUT2D eigenvalue weighted by Crippen LogP contribution is -2.06. The van der Waals surface area contributed by atoms with Crippen LogP contribution in [0, 0.1) is 0 Å². The van der Waals surface area contributed by atoms with Crippen molar-refractivity contribution >= 4 is 43.4 Å². The predicted octanol–water partition coefficient (Wildman–Crippen LogP) is 9.73. The molecule has 0 fully saturated rings. The summed E-state index contributed by atoms with van der Waals surface area (Å²) >= 11 is 6.87. The molecule has 0 aliphatic heterocycles. The number of nitrogens with zero attached hydrogens (tertiary/aromatic N) is 2. The Hall–Kier alpha value is -4.52. The highest BCUT2D eigenvalue weighted by molar-refractivity contribution is 9.10. The van der Waals surface area contributed by atoms with E-state index in [0.717, 1.165) is 53.5 Å². The van der Waals surface area contributed by atoms with E-state index in [9.17, 15) is 9.59 Å². The number of aromatic nitrogens is 2. The summed E-state index contributed by atoms with van der Waals surface area (Å²) in [5, 5.41) is 0. The van der Waals surface area contributed by atoms with E-state index in [1.54, 1.807) is 12.4 Å². The maximum absolute atomic E-state index is 12.2. The fraction of sp³-hybridized carbons (Fsp3) is 0.100. The van der Waals surface area contributed by atoms with Gasteiger partial charge in [0.2, 0.25) is 0 Å². The van der Waals surface area contributed by atoms with Gasteiger partial charge in [-0.05, 0) is 80.9 Å². The zero-order chi connectivity index (χ0) is 32.1. The van der Waals surface area contributed by atoms with E-state index in [0.29, 0.717) is 25.7 Å². The second-order valence-corrected chi connectivity index (χ2v) is 12.8. The summed E-state index contributed by atoms with van der Waals surface area (Å²) in [6.07, 6.45) is 9.05. The minimum atomic E-state index is 0.220. The van der Waals surface area contributed by atoms with Crippen LogP contribution in [-0.2, 0) is 35.3 Å². The first-order chi connectivity index (χ1) is 22.4. The molecule has 0 radical (unpaired) electrons. The number of pyridine rings is 2. The molecule has 0 atom stereocenters. The van der Waals surface area contributed by atoms with Crippen molar-refractivity contribution in [1.82, 2.24) is 9.97 Å². The van der Waals surface area contributed by atoms with Gasteiger partial charge in [0.25, 0.3) is 0 Å². The Kier molecular flexibility index (Phi) is 11.9. The van der Waals surface area contributed by atoms with Crippen molar-refractivity contribution in [2.45, 2.75) is 25.7 Å². The molecule has 6 aromatic rings. The topological polar surface area (TPSA) is 59.9 Å². The molecule has 0 bridgehead atoms. The first-order valence-corrected chi connectivity index (χ1v) is 16.5. The van der Waals surface area contributed by atoms with E-state index >= 15 is 0 Å². The summed E-state index contributed by atoms with van der Waals surface area (Å²) in [5.74, 6) is 0.439. The highest BCUT2D eigenvalue weighted by atomic mass is 79.9. The molecule has 0 saturated carbocycles. The number of Topliss-reactive ketones (excluding diaryl/α,β-unsaturated/α-hetero) is 2. The smallest absolute Gasteiger partial charge is 0.141 e. The zero-order valence-electron chi connectivity index (χ0n) is 25.2. The van der Waals surface area contributed by atoms with Crippen molar-refractivity contribution in [3.05, 3.63) is 177 Å². The molecule has 2 heterocycles. The van der Waals surface area contributed by atoms with Crippen molar-refractivity contribution < 1.29 is 9.59 Å². The van der Waals surface area contributed by atoms with Gasteiger partial charge in [0, 0.05) is 59.4 Å². The molecule has 6 heteroatoms. The number of ketones is 2. The van der Waals surface area contributed by atoms with Crippen LogP contribution in [0.15, 0.2) is 155 Å². The first-order valence-electron chi connectivity index (χ1n) is 14.9. The largest absolute Gasteiger partial charge is 0.299 e. The van der Waals surface area contributed by atoms with Gasteiger partial charge in [-0.25, -0.2) is 0 Å². The van der Waals surface area contributed by atoms with Crippen LogP contribution in [0.4, 0.5) is 0 Å². The van der Waals surface area contributed by atoms with Crippen LogP contribution in [0.2, 0.25) is 0 Å². The Balaban J connectivity index is 0.000000181. The number of hydrogen-bond donors (Lipinski definition) is 0. The fourth-order valence-electron chi connectivity index (χ4n) is 5.03. The van der Waals surface area contributed by atoms with Crippen molar-refractivity contribution in [2.24, 2.45) is 0 Å². The van der Waals surface area contributed by atoms with E-state index in [1.165, 1.54) is 0 Å². The number of benzene rings is 4. The Labute approximate surface area is 286 Å². The number of halogens is 2. The average Bonchev–Trinajstić information content (AvgIpc) is 3.06. The maximum atomic E-state index is 12.2. The lowest BCUT2D eigenvalue weighted by molar-refractivity contribution is -0.118. The van der Waals surface area contributed by atoms with Crippen LogP contribution in [0.1, 0.15) is 22.3 Å². The molecule has 0 unspecified atom stereocenters. The van der Waals surface area contributed by atoms with Crippen LogP contribution in [0.25, 0.3) is 22.3 Å². The van der Waals surface area contributed by atoms with E-state index in [2.05, 4.69) is 41.8 Å². The molecule has 46 heavy (non-hydrogen) atoms. The molecule has 228 valence electrons. The Morgan fingerprint density at radius 3 is 1.17 bits per heavy atom. The third kappa shape index (κ3) is 10.3. The number of rotatable bonds is 10. The summed E-state index contributed by atoms with van der Waals surface area (Å²) in [7, 11) is 0. The van der Waals surface area contributed by atoms with Gasteiger partial charge >= 0.3 is 0 Å². The SMILES string of the molecule is O=C(Cc1ccc(-c2cccnc2)cc1)Cc1cccc(Br)c1.O=C(Cc1ccc(-c2cccnc2)cc1)Cc1cccc(Br)c1. The molecule has 0 amide bonds. The molecule has 2 aromatic heterocycles. The van der Waals surface area contributed by atoms with Gasteiger partial charge in [-0.1, -0.05) is 117 Å². The zero-order valence-corrected chi connectivity index (χ0v) is 28.3. The summed E-state index contributed by atoms with van der Waals surface area (Å²) in [5.41, 5.74) is 8.55. The first kappa shape index (κ1) is 32.9. The summed E-state index contributed by atoms with van der Waals surface area (Å²) in [4.78, 5) is 32.7. The molecule has 0 spiro atoms. The Bertz CT molecular complexity index is 1740. The van der Waals surface area contributed by atoms with Gasteiger partial charge < -0.3 is 0 Å². The van der Waals surface area contributed by atoms with Gasteiger partial charge in [0.05, 0.1) is 0 Å². The van der Waals surface area contributed by atoms with Gasteiger partial charge in [-0.3, -0.25) is 19.6 Å². The molecule has 0 N–H and O–H groups in total. The van der Waals surface area contributed by atoms with Gasteiger partial charge in [-0.2, -0.15) is 0 Å². The minimum absolute atomic E-state index is 0.220. The normalized spacial score (nSPS) is 10.5. The van der Waals surface area contributed by atoms with Crippen LogP contribution in [0.3, 0.4) is 0 Å². The van der Waals surface area contributed by atoms with Crippen LogP contribution in [-0.4, -0.2) is 21.5 Å². The number of hydrogen-bond acceptors (Lipinski definition) is 4. The van der Waals surface area contributed by atoms with E-state index < -0.39 is 0 Å². The Morgan fingerprint density at radius 1 is 0.435 bits per heavy atom. The highest BCUT2D eigenvalue weighted by Gasteiger charge is 2.08. The molecule has 6 rings (SSSR count). The summed E-state index contributed by atoms with van der Waals surface area (Å²) in [6, 6.07) is 39.9. The molecule has 4 nitrogen and oxygen atoms in total. The summed E-state index contributed by atoms with van der Waals surface area (Å²) in [6.45, 7) is 0. The van der Waals surface area contributed by atoms with Crippen LogP contribution < -0.4 is 0 Å². The number of carbonyl (C=O) groups is 2. The maximum Gasteiger partial charge on any atom is 0.141 e. The molecule has 0 saturated heterocycles. The molecule has 0 aliphatic carbocycles. The lowest BCUT2D eigenvalue weighted by Gasteiger charge is -2.05. The van der Waals surface area contributed by atoms with Gasteiger partial charge in [0.15, 0.2) is 0 Å². The van der Waals surface area contributed by atoms with Crippen molar-refractivity contribution in [3.8, 4) is 22.3 Å². The average molecular weight is 733 g/mol. The van der Waals surface area contributed by atoms with Crippen molar-refractivity contribution in [3.63, 3.8) is 0 Å². The number of carbonyl (C=O) groups excluding carboxylic acids is 2. The molecular formula is C40H32Br2N2O2. The summed E-state index contributed by atoms with van der Waals surface area (Å²) < 4.78 is 2.01. The Morgan fingerprint density at radius 2 is 0.826 bits per heavy atom. The molecule has 4 aromatic carbocycles. The monoisotopic (exact) mass is 730 g/mol. The lowest BCUT2D eigenvalue weighted by atomic mass is 10.0. The fourth-order valence-corrected chi connectivity index (χ4v) is 5.92. The van der Waals surface area contributed by atoms with E-state index in [4.69, 9.17) is 0 Å². The third-order valence-electron chi connectivity index (χ3n) is 7.28. The van der Waals surface area contributed by atoms with Gasteiger partial charge in [-0.15, -0.1) is 0 Å². The third-order valence-corrected chi connectivity index (χ3v) is 8.27. The second kappa shape index (κ2) is 16.7. The molecule has 0 aliphatic rings. The predicted molar refractivity (Wildman–Crippen MR) is 192 cm³/mol. The quantitative estimate of drug-likeness (QED) is 0.141. The van der Waals surface area contributed by atoms with Crippen molar-refractivity contribution in [2.75, 3.05) is 0 Å².